The predicted octanol–water partition coefficient (Wildman–Crippen LogP) is 1.77. The highest BCUT2D eigenvalue weighted by atomic mass is 15.3. The minimum atomic E-state index is 0.511. The number of aromatic nitrogens is 2. The zero-order chi connectivity index (χ0) is 11.5. The Kier molecular flexibility index (Phi) is 2.72. The fourth-order valence-corrected chi connectivity index (χ4v) is 1.50. The van der Waals surface area contributed by atoms with E-state index in [4.69, 9.17) is 5.73 Å². The summed E-state index contributed by atoms with van der Waals surface area (Å²) in [7, 11) is 1.87. The van der Waals surface area contributed by atoms with Gasteiger partial charge in [0.05, 0.1) is 11.9 Å². The molecule has 0 bridgehead atoms. The summed E-state index contributed by atoms with van der Waals surface area (Å²) in [5.74, 6) is 0.511. The fourth-order valence-electron chi connectivity index (χ4n) is 1.50. The fraction of sp³-hybridized carbons (Fsp3) is 0.167. The average Bonchev–Trinajstić information content (AvgIpc) is 2.59. The molecule has 1 aromatic carbocycles. The van der Waals surface area contributed by atoms with Crippen LogP contribution in [0.2, 0.25) is 0 Å². The lowest BCUT2D eigenvalue weighted by molar-refractivity contribution is 0.756. The third kappa shape index (κ3) is 2.11. The first-order valence-electron chi connectivity index (χ1n) is 5.06. The molecular formula is C12H14N4. The van der Waals surface area contributed by atoms with E-state index in [2.05, 4.69) is 10.1 Å². The van der Waals surface area contributed by atoms with Gasteiger partial charge in [-0.1, -0.05) is 30.3 Å². The Balaban J connectivity index is 2.35. The second kappa shape index (κ2) is 4.18. The molecular weight excluding hydrogens is 200 g/mol. The van der Waals surface area contributed by atoms with Crippen LogP contribution in [-0.2, 0) is 7.05 Å². The highest BCUT2D eigenvalue weighted by Gasteiger charge is 2.03. The van der Waals surface area contributed by atoms with Gasteiger partial charge in [-0.25, -0.2) is 4.99 Å². The minimum Gasteiger partial charge on any atom is -0.383 e. The summed E-state index contributed by atoms with van der Waals surface area (Å²) in [4.78, 5) is 4.36. The van der Waals surface area contributed by atoms with Crippen molar-refractivity contribution >= 4 is 11.5 Å². The van der Waals surface area contributed by atoms with Crippen molar-refractivity contribution in [1.82, 2.24) is 9.78 Å². The molecule has 1 aromatic heterocycles. The first kappa shape index (κ1) is 10.4. The highest BCUT2D eigenvalue weighted by molar-refractivity contribution is 5.99. The van der Waals surface area contributed by atoms with E-state index in [0.717, 1.165) is 16.9 Å². The van der Waals surface area contributed by atoms with Crippen LogP contribution < -0.4 is 5.73 Å². The van der Waals surface area contributed by atoms with Crippen molar-refractivity contribution in [2.45, 2.75) is 6.92 Å². The maximum Gasteiger partial charge on any atom is 0.131 e. The number of aryl methyl sites for hydroxylation is 2. The van der Waals surface area contributed by atoms with Crippen molar-refractivity contribution in [3.8, 4) is 0 Å². The van der Waals surface area contributed by atoms with Gasteiger partial charge in [-0.05, 0) is 6.92 Å². The smallest absolute Gasteiger partial charge is 0.131 e. The van der Waals surface area contributed by atoms with Gasteiger partial charge in [0.1, 0.15) is 11.5 Å². The molecule has 0 spiro atoms. The number of nitrogens with two attached hydrogens (primary N) is 1. The van der Waals surface area contributed by atoms with E-state index in [-0.39, 0.29) is 0 Å². The summed E-state index contributed by atoms with van der Waals surface area (Å²) in [5.41, 5.74) is 8.53. The molecule has 16 heavy (non-hydrogen) atoms. The quantitative estimate of drug-likeness (QED) is 0.611. The van der Waals surface area contributed by atoms with Crippen LogP contribution in [0.25, 0.3) is 0 Å². The lowest BCUT2D eigenvalue weighted by Gasteiger charge is -1.99. The average molecular weight is 214 g/mol. The van der Waals surface area contributed by atoms with Crippen molar-refractivity contribution in [3.05, 3.63) is 47.8 Å². The molecule has 4 heteroatoms. The highest BCUT2D eigenvalue weighted by Crippen LogP contribution is 2.16. The molecule has 0 saturated heterocycles. The van der Waals surface area contributed by atoms with E-state index in [0.29, 0.717) is 5.84 Å². The molecule has 0 radical (unpaired) electrons. The standard InChI is InChI=1S/C12H14N4/c1-9-11(8-16(2)15-9)14-12(13)10-6-4-3-5-7-10/h3-8H,1-2H3,(H2,13,14). The number of benzene rings is 1. The molecule has 0 amide bonds. The van der Waals surface area contributed by atoms with Gasteiger partial charge < -0.3 is 5.73 Å². The molecule has 1 heterocycles. The molecule has 2 rings (SSSR count). The summed E-state index contributed by atoms with van der Waals surface area (Å²) in [6, 6.07) is 9.70. The van der Waals surface area contributed by atoms with Crippen LogP contribution in [0.1, 0.15) is 11.3 Å². The Morgan fingerprint density at radius 2 is 2.00 bits per heavy atom. The molecule has 0 fully saturated rings. The van der Waals surface area contributed by atoms with Gasteiger partial charge in [0.25, 0.3) is 0 Å². The van der Waals surface area contributed by atoms with E-state index in [1.54, 1.807) is 4.68 Å². The van der Waals surface area contributed by atoms with E-state index in [9.17, 15) is 0 Å². The molecule has 0 aliphatic rings. The summed E-state index contributed by atoms with van der Waals surface area (Å²) in [5, 5.41) is 4.21. The Labute approximate surface area is 94.4 Å². The van der Waals surface area contributed by atoms with Crippen LogP contribution in [0, 0.1) is 6.92 Å². The molecule has 82 valence electrons. The van der Waals surface area contributed by atoms with Crippen molar-refractivity contribution in [1.29, 1.82) is 0 Å². The van der Waals surface area contributed by atoms with Crippen LogP contribution >= 0.6 is 0 Å². The Bertz CT molecular complexity index is 511. The Hall–Kier alpha value is -2.10. The van der Waals surface area contributed by atoms with Crippen LogP contribution in [0.5, 0.6) is 0 Å². The topological polar surface area (TPSA) is 56.2 Å². The number of rotatable bonds is 2. The van der Waals surface area contributed by atoms with Crippen LogP contribution in [-0.4, -0.2) is 15.6 Å². The van der Waals surface area contributed by atoms with Gasteiger partial charge in [-0.15, -0.1) is 0 Å². The zero-order valence-corrected chi connectivity index (χ0v) is 9.38. The maximum absolute atomic E-state index is 5.92. The summed E-state index contributed by atoms with van der Waals surface area (Å²) in [6.45, 7) is 1.91. The van der Waals surface area contributed by atoms with E-state index >= 15 is 0 Å². The van der Waals surface area contributed by atoms with Crippen molar-refractivity contribution < 1.29 is 0 Å². The molecule has 2 N–H and O–H groups in total. The summed E-state index contributed by atoms with van der Waals surface area (Å²) < 4.78 is 1.73. The predicted molar refractivity (Wildman–Crippen MR) is 64.8 cm³/mol. The Morgan fingerprint density at radius 1 is 1.31 bits per heavy atom. The number of aliphatic imine (C=N–C) groups is 1. The lowest BCUT2D eigenvalue weighted by Crippen LogP contribution is -2.12. The molecule has 0 unspecified atom stereocenters. The SMILES string of the molecule is Cc1nn(C)cc1N=C(N)c1ccccc1. The number of hydrogen-bond acceptors (Lipinski definition) is 2. The molecule has 0 aliphatic carbocycles. The monoisotopic (exact) mass is 214 g/mol. The van der Waals surface area contributed by atoms with Crippen molar-refractivity contribution in [2.24, 2.45) is 17.8 Å². The molecule has 2 aromatic rings. The van der Waals surface area contributed by atoms with E-state index in [1.165, 1.54) is 0 Å². The van der Waals surface area contributed by atoms with Crippen molar-refractivity contribution in [2.75, 3.05) is 0 Å². The second-order valence-corrected chi connectivity index (χ2v) is 3.64. The van der Waals surface area contributed by atoms with Gasteiger partial charge in [-0.2, -0.15) is 5.10 Å². The van der Waals surface area contributed by atoms with E-state index in [1.807, 2.05) is 50.5 Å². The largest absolute Gasteiger partial charge is 0.383 e. The minimum absolute atomic E-state index is 0.511. The third-order valence-electron chi connectivity index (χ3n) is 2.30. The van der Waals surface area contributed by atoms with Gasteiger partial charge in [-0.3, -0.25) is 4.68 Å². The zero-order valence-electron chi connectivity index (χ0n) is 9.38. The molecule has 4 nitrogen and oxygen atoms in total. The number of nitrogens with zero attached hydrogens (tertiary/aromatic N) is 3. The lowest BCUT2D eigenvalue weighted by atomic mass is 10.2. The van der Waals surface area contributed by atoms with Gasteiger partial charge >= 0.3 is 0 Å². The van der Waals surface area contributed by atoms with Gasteiger partial charge in [0.2, 0.25) is 0 Å². The normalized spacial score (nSPS) is 11.8. The third-order valence-corrected chi connectivity index (χ3v) is 2.30. The number of amidine groups is 1. The Morgan fingerprint density at radius 3 is 2.56 bits per heavy atom. The first-order chi connectivity index (χ1) is 7.66. The van der Waals surface area contributed by atoms with Gasteiger partial charge in [0, 0.05) is 12.6 Å². The molecule has 0 aliphatic heterocycles. The molecule has 0 saturated carbocycles. The summed E-state index contributed by atoms with van der Waals surface area (Å²) >= 11 is 0. The van der Waals surface area contributed by atoms with Gasteiger partial charge in [0.15, 0.2) is 0 Å². The number of hydrogen-bond donors (Lipinski definition) is 1. The van der Waals surface area contributed by atoms with Crippen LogP contribution in [0.4, 0.5) is 5.69 Å². The van der Waals surface area contributed by atoms with Crippen LogP contribution in [0.3, 0.4) is 0 Å². The maximum atomic E-state index is 5.92. The molecule has 0 atom stereocenters. The van der Waals surface area contributed by atoms with E-state index < -0.39 is 0 Å². The first-order valence-corrected chi connectivity index (χ1v) is 5.06. The summed E-state index contributed by atoms with van der Waals surface area (Å²) in [6.07, 6.45) is 1.85. The van der Waals surface area contributed by atoms with Crippen LogP contribution in [0.15, 0.2) is 41.5 Å². The second-order valence-electron chi connectivity index (χ2n) is 3.64. The van der Waals surface area contributed by atoms with Crippen molar-refractivity contribution in [3.63, 3.8) is 0 Å².